The molecule has 1 rings (SSSR count). The smallest absolute Gasteiger partial charge is 0.326 e. The van der Waals surface area contributed by atoms with Crippen LogP contribution in [0.3, 0.4) is 0 Å². The van der Waals surface area contributed by atoms with Gasteiger partial charge in [-0.05, 0) is 18.3 Å². The summed E-state index contributed by atoms with van der Waals surface area (Å²) < 4.78 is 0. The summed E-state index contributed by atoms with van der Waals surface area (Å²) in [4.78, 5) is 35.1. The molecule has 3 amide bonds. The molecule has 0 unspecified atom stereocenters. The van der Waals surface area contributed by atoms with Gasteiger partial charge >= 0.3 is 12.0 Å². The highest BCUT2D eigenvalue weighted by atomic mass is 16.4. The van der Waals surface area contributed by atoms with Crippen molar-refractivity contribution >= 4 is 17.9 Å². The fourth-order valence-electron chi connectivity index (χ4n) is 1.96. The van der Waals surface area contributed by atoms with E-state index in [0.717, 1.165) is 12.8 Å². The first-order chi connectivity index (χ1) is 8.71. The molecule has 0 aromatic carbocycles. The van der Waals surface area contributed by atoms with Gasteiger partial charge in [0.05, 0.1) is 6.42 Å². The summed E-state index contributed by atoms with van der Waals surface area (Å²) in [5, 5.41) is 11.2. The van der Waals surface area contributed by atoms with E-state index in [1.54, 1.807) is 4.90 Å². The van der Waals surface area contributed by atoms with Gasteiger partial charge in [-0.2, -0.15) is 0 Å². The number of carboxylic acid groups (broad SMARTS) is 1. The predicted molar refractivity (Wildman–Crippen MR) is 68.4 cm³/mol. The zero-order valence-electron chi connectivity index (χ0n) is 11.3. The largest absolute Gasteiger partial charge is 0.480 e. The Labute approximate surface area is 112 Å². The van der Waals surface area contributed by atoms with Crippen LogP contribution < -0.4 is 11.1 Å². The van der Waals surface area contributed by atoms with Crippen LogP contribution in [0.1, 0.15) is 33.1 Å². The number of rotatable bonds is 4. The molecule has 0 bridgehead atoms. The van der Waals surface area contributed by atoms with Gasteiger partial charge < -0.3 is 21.1 Å². The molecule has 0 radical (unpaired) electrons. The number of carboxylic acids is 1. The molecule has 1 aliphatic heterocycles. The van der Waals surface area contributed by atoms with E-state index < -0.39 is 30.4 Å². The van der Waals surface area contributed by atoms with Crippen molar-refractivity contribution in [1.29, 1.82) is 0 Å². The average molecular weight is 271 g/mol. The number of hydrogen-bond donors (Lipinski definition) is 3. The van der Waals surface area contributed by atoms with Crippen LogP contribution in [0.15, 0.2) is 0 Å². The van der Waals surface area contributed by atoms with E-state index in [2.05, 4.69) is 19.2 Å². The molecular weight excluding hydrogens is 250 g/mol. The molecule has 108 valence electrons. The number of hydrogen-bond acceptors (Lipinski definition) is 3. The summed E-state index contributed by atoms with van der Waals surface area (Å²) >= 11 is 0. The molecule has 1 heterocycles. The molecule has 4 N–H and O–H groups in total. The summed E-state index contributed by atoms with van der Waals surface area (Å²) in [6.07, 6.45) is 1.34. The zero-order valence-corrected chi connectivity index (χ0v) is 11.3. The Balaban J connectivity index is 2.53. The van der Waals surface area contributed by atoms with Crippen molar-refractivity contribution in [3.8, 4) is 0 Å². The van der Waals surface area contributed by atoms with Crippen molar-refractivity contribution in [2.24, 2.45) is 11.1 Å². The standard InChI is InChI=1S/C12H21N3O4/c1-12(2)3-5-15(6-4-12)11(19)14-8(10(17)18)7-9(13)16/h8H,3-7H2,1-2H3,(H2,13,16)(H,14,19)(H,17,18)/t8-/m1/s1. The maximum atomic E-state index is 11.9. The van der Waals surface area contributed by atoms with E-state index in [9.17, 15) is 14.4 Å². The molecule has 19 heavy (non-hydrogen) atoms. The Morgan fingerprint density at radius 3 is 2.26 bits per heavy atom. The second kappa shape index (κ2) is 5.90. The number of nitrogens with zero attached hydrogens (tertiary/aromatic N) is 1. The molecule has 1 saturated heterocycles. The number of amides is 3. The molecule has 0 aromatic rings. The lowest BCUT2D eigenvalue weighted by Gasteiger charge is -2.37. The number of urea groups is 1. The average Bonchev–Trinajstić information content (AvgIpc) is 2.27. The van der Waals surface area contributed by atoms with E-state index in [4.69, 9.17) is 10.8 Å². The number of piperidine rings is 1. The molecule has 7 nitrogen and oxygen atoms in total. The Bertz CT molecular complexity index is 371. The lowest BCUT2D eigenvalue weighted by Crippen LogP contribution is -2.51. The third kappa shape index (κ3) is 4.76. The summed E-state index contributed by atoms with van der Waals surface area (Å²) in [5.74, 6) is -2.02. The Hall–Kier alpha value is -1.79. The van der Waals surface area contributed by atoms with Gasteiger partial charge in [0.1, 0.15) is 6.04 Å². The topological polar surface area (TPSA) is 113 Å². The molecule has 0 aliphatic carbocycles. The van der Waals surface area contributed by atoms with Gasteiger partial charge in [-0.25, -0.2) is 9.59 Å². The van der Waals surface area contributed by atoms with Crippen molar-refractivity contribution in [2.45, 2.75) is 39.2 Å². The lowest BCUT2D eigenvalue weighted by molar-refractivity contribution is -0.141. The molecule has 0 spiro atoms. The van der Waals surface area contributed by atoms with E-state index in [1.165, 1.54) is 0 Å². The second-order valence-electron chi connectivity index (χ2n) is 5.66. The number of likely N-dealkylation sites (tertiary alicyclic amines) is 1. The number of aliphatic carboxylic acids is 1. The monoisotopic (exact) mass is 271 g/mol. The van der Waals surface area contributed by atoms with Crippen LogP contribution in [0.2, 0.25) is 0 Å². The Morgan fingerprint density at radius 1 is 1.32 bits per heavy atom. The SMILES string of the molecule is CC1(C)CCN(C(=O)N[C@H](CC(N)=O)C(=O)O)CC1. The number of nitrogens with one attached hydrogen (secondary N) is 1. The highest BCUT2D eigenvalue weighted by Gasteiger charge is 2.30. The van der Waals surface area contributed by atoms with Crippen LogP contribution in [0.4, 0.5) is 4.79 Å². The minimum atomic E-state index is -1.26. The maximum Gasteiger partial charge on any atom is 0.326 e. The minimum Gasteiger partial charge on any atom is -0.480 e. The summed E-state index contributed by atoms with van der Waals surface area (Å²) in [6, 6.07) is -1.72. The quantitative estimate of drug-likeness (QED) is 0.675. The van der Waals surface area contributed by atoms with Gasteiger partial charge in [-0.3, -0.25) is 4.79 Å². The lowest BCUT2D eigenvalue weighted by atomic mass is 9.83. The van der Waals surface area contributed by atoms with Crippen LogP contribution in [-0.2, 0) is 9.59 Å². The van der Waals surface area contributed by atoms with Crippen LogP contribution in [0.25, 0.3) is 0 Å². The number of primary amides is 1. The normalized spacial score (nSPS) is 19.6. The van der Waals surface area contributed by atoms with Gasteiger partial charge in [0.2, 0.25) is 5.91 Å². The number of carbonyl (C=O) groups excluding carboxylic acids is 2. The highest BCUT2D eigenvalue weighted by Crippen LogP contribution is 2.29. The van der Waals surface area contributed by atoms with E-state index in [-0.39, 0.29) is 5.41 Å². The van der Waals surface area contributed by atoms with Crippen LogP contribution in [0, 0.1) is 5.41 Å². The molecule has 1 fully saturated rings. The van der Waals surface area contributed by atoms with Crippen molar-refractivity contribution in [1.82, 2.24) is 10.2 Å². The van der Waals surface area contributed by atoms with Crippen LogP contribution >= 0.6 is 0 Å². The molecule has 0 saturated carbocycles. The first kappa shape index (κ1) is 15.3. The Kier molecular flexibility index (Phi) is 4.74. The first-order valence-electron chi connectivity index (χ1n) is 6.28. The van der Waals surface area contributed by atoms with Gasteiger partial charge in [-0.1, -0.05) is 13.8 Å². The Morgan fingerprint density at radius 2 is 1.84 bits per heavy atom. The molecule has 0 aromatic heterocycles. The third-order valence-electron chi connectivity index (χ3n) is 3.41. The minimum absolute atomic E-state index is 0.205. The van der Waals surface area contributed by atoms with E-state index in [0.29, 0.717) is 13.1 Å². The predicted octanol–water partition coefficient (Wildman–Crippen LogP) is 0.147. The van der Waals surface area contributed by atoms with E-state index >= 15 is 0 Å². The molecule has 1 aliphatic rings. The van der Waals surface area contributed by atoms with Gasteiger partial charge in [0, 0.05) is 13.1 Å². The summed E-state index contributed by atoms with van der Waals surface area (Å²) in [7, 11) is 0. The maximum absolute atomic E-state index is 11.9. The van der Waals surface area contributed by atoms with Crippen molar-refractivity contribution < 1.29 is 19.5 Å². The fourth-order valence-corrected chi connectivity index (χ4v) is 1.96. The first-order valence-corrected chi connectivity index (χ1v) is 6.28. The van der Waals surface area contributed by atoms with E-state index in [1.807, 2.05) is 0 Å². The van der Waals surface area contributed by atoms with Crippen molar-refractivity contribution in [2.75, 3.05) is 13.1 Å². The van der Waals surface area contributed by atoms with Crippen LogP contribution in [0.5, 0.6) is 0 Å². The molecule has 1 atom stereocenters. The van der Waals surface area contributed by atoms with Gasteiger partial charge in [0.25, 0.3) is 0 Å². The zero-order chi connectivity index (χ0) is 14.6. The third-order valence-corrected chi connectivity index (χ3v) is 3.41. The fraction of sp³-hybridized carbons (Fsp3) is 0.750. The highest BCUT2D eigenvalue weighted by molar-refractivity contribution is 5.87. The van der Waals surface area contributed by atoms with Gasteiger partial charge in [0.15, 0.2) is 0 Å². The number of nitrogens with two attached hydrogens (primary N) is 1. The summed E-state index contributed by atoms with van der Waals surface area (Å²) in [6.45, 7) is 5.44. The van der Waals surface area contributed by atoms with Gasteiger partial charge in [-0.15, -0.1) is 0 Å². The molecular formula is C12H21N3O4. The van der Waals surface area contributed by atoms with Crippen molar-refractivity contribution in [3.63, 3.8) is 0 Å². The van der Waals surface area contributed by atoms with Crippen LogP contribution in [-0.4, -0.2) is 47.0 Å². The molecule has 7 heteroatoms. The second-order valence-corrected chi connectivity index (χ2v) is 5.66. The summed E-state index contributed by atoms with van der Waals surface area (Å²) in [5.41, 5.74) is 5.16. The number of carbonyl (C=O) groups is 3. The van der Waals surface area contributed by atoms with Crippen molar-refractivity contribution in [3.05, 3.63) is 0 Å².